The van der Waals surface area contributed by atoms with Crippen LogP contribution in [0.15, 0.2) is 0 Å². The minimum absolute atomic E-state index is 0.241. The number of carboxylic acid groups (broad SMARTS) is 1. The lowest BCUT2D eigenvalue weighted by Gasteiger charge is -2.12. The second-order valence-corrected chi connectivity index (χ2v) is 4.33. The summed E-state index contributed by atoms with van der Waals surface area (Å²) >= 11 is 0. The molecule has 0 radical (unpaired) electrons. The molecule has 1 N–H and O–H groups in total. The lowest BCUT2D eigenvalue weighted by atomic mass is 9.92. The van der Waals surface area contributed by atoms with Crippen LogP contribution < -0.4 is 0 Å². The van der Waals surface area contributed by atoms with Crippen LogP contribution in [0.4, 0.5) is 0 Å². The fourth-order valence-corrected chi connectivity index (χ4v) is 3.14. The van der Waals surface area contributed by atoms with Gasteiger partial charge in [-0.05, 0) is 18.8 Å². The van der Waals surface area contributed by atoms with E-state index in [-0.39, 0.29) is 5.92 Å². The summed E-state index contributed by atoms with van der Waals surface area (Å²) in [6, 6.07) is 0. The van der Waals surface area contributed by atoms with Gasteiger partial charge in [-0.1, -0.05) is 6.42 Å². The third-order valence-corrected chi connectivity index (χ3v) is 3.77. The Balaban J connectivity index is 1.90. The molecule has 0 aromatic rings. The summed E-state index contributed by atoms with van der Waals surface area (Å²) < 4.78 is 0. The lowest BCUT2D eigenvalue weighted by molar-refractivity contribution is -0.143. The first-order valence-electron chi connectivity index (χ1n) is 4.82. The molecule has 3 fully saturated rings. The summed E-state index contributed by atoms with van der Waals surface area (Å²) in [6.07, 6.45) is 3.76. The van der Waals surface area contributed by atoms with Crippen molar-refractivity contribution in [1.82, 2.24) is 0 Å². The molecule has 0 amide bonds. The molecule has 72 valence electrons. The average molecular weight is 184 g/mol. The third-order valence-electron chi connectivity index (χ3n) is 3.77. The average Bonchev–Trinajstić information content (AvgIpc) is 2.58. The van der Waals surface area contributed by atoms with Crippen LogP contribution >= 0.6 is 0 Å². The molecule has 0 aromatic carbocycles. The lowest BCUT2D eigenvalue weighted by Crippen LogP contribution is -2.19. The zero-order valence-corrected chi connectivity index (χ0v) is 7.23. The highest BCUT2D eigenvalue weighted by molar-refractivity contribution is 5.71. The standard InChI is InChI=1S/C9H12O4/c10-8(11)6-4-9(12-13-9)7-3-1-2-5(6)7/h5-7H,1-4H2,(H,10,11). The van der Waals surface area contributed by atoms with Crippen molar-refractivity contribution in [3.63, 3.8) is 0 Å². The van der Waals surface area contributed by atoms with Crippen LogP contribution in [0.1, 0.15) is 25.7 Å². The summed E-state index contributed by atoms with van der Waals surface area (Å²) in [6.45, 7) is 0. The van der Waals surface area contributed by atoms with Crippen LogP contribution in [0, 0.1) is 17.8 Å². The summed E-state index contributed by atoms with van der Waals surface area (Å²) in [5.41, 5.74) is 0. The summed E-state index contributed by atoms with van der Waals surface area (Å²) in [4.78, 5) is 20.9. The van der Waals surface area contributed by atoms with Gasteiger partial charge in [0, 0.05) is 12.3 Å². The molecule has 1 heterocycles. The zero-order chi connectivity index (χ0) is 9.05. The van der Waals surface area contributed by atoms with Crippen LogP contribution in [0.5, 0.6) is 0 Å². The Bertz CT molecular complexity index is 258. The Kier molecular flexibility index (Phi) is 1.34. The molecule has 0 bridgehead atoms. The first-order valence-corrected chi connectivity index (χ1v) is 4.82. The van der Waals surface area contributed by atoms with E-state index in [1.54, 1.807) is 0 Å². The monoisotopic (exact) mass is 184 g/mol. The molecule has 3 rings (SSSR count). The van der Waals surface area contributed by atoms with Gasteiger partial charge in [0.15, 0.2) is 0 Å². The van der Waals surface area contributed by atoms with Gasteiger partial charge in [0.2, 0.25) is 5.79 Å². The molecule has 4 heteroatoms. The van der Waals surface area contributed by atoms with Crippen LogP contribution in [0.25, 0.3) is 0 Å². The number of fused-ring (bicyclic) bond motifs is 2. The number of aliphatic carboxylic acids is 1. The predicted octanol–water partition coefficient (Wildman–Crippen LogP) is 1.17. The van der Waals surface area contributed by atoms with Crippen LogP contribution in [-0.2, 0) is 14.6 Å². The molecule has 1 aliphatic heterocycles. The molecule has 4 nitrogen and oxygen atoms in total. The maximum atomic E-state index is 10.9. The minimum Gasteiger partial charge on any atom is -0.481 e. The van der Waals surface area contributed by atoms with Crippen molar-refractivity contribution in [2.24, 2.45) is 17.8 Å². The number of hydrogen-bond donors (Lipinski definition) is 1. The van der Waals surface area contributed by atoms with Crippen molar-refractivity contribution in [3.8, 4) is 0 Å². The van der Waals surface area contributed by atoms with Gasteiger partial charge in [0.05, 0.1) is 5.92 Å². The smallest absolute Gasteiger partial charge is 0.306 e. The fourth-order valence-electron chi connectivity index (χ4n) is 3.14. The number of hydrogen-bond acceptors (Lipinski definition) is 3. The van der Waals surface area contributed by atoms with E-state index in [0.29, 0.717) is 18.3 Å². The Morgan fingerprint density at radius 1 is 1.38 bits per heavy atom. The molecular weight excluding hydrogens is 172 g/mol. The van der Waals surface area contributed by atoms with Crippen molar-refractivity contribution >= 4 is 5.97 Å². The highest BCUT2D eigenvalue weighted by Crippen LogP contribution is 2.60. The van der Waals surface area contributed by atoms with Gasteiger partial charge < -0.3 is 5.11 Å². The van der Waals surface area contributed by atoms with Gasteiger partial charge in [0.1, 0.15) is 0 Å². The summed E-state index contributed by atoms with van der Waals surface area (Å²) in [5.74, 6) is -0.777. The fraction of sp³-hybridized carbons (Fsp3) is 0.889. The number of rotatable bonds is 1. The van der Waals surface area contributed by atoms with Gasteiger partial charge in [-0.25, -0.2) is 0 Å². The highest BCUT2D eigenvalue weighted by Gasteiger charge is 2.67. The first kappa shape index (κ1) is 7.76. The summed E-state index contributed by atoms with van der Waals surface area (Å²) in [7, 11) is 0. The van der Waals surface area contributed by atoms with E-state index in [0.717, 1.165) is 19.3 Å². The normalized spacial score (nSPS) is 45.1. The SMILES string of the molecule is O=C(O)C1CC2(OO2)C2CCCC12. The van der Waals surface area contributed by atoms with E-state index in [1.807, 2.05) is 0 Å². The van der Waals surface area contributed by atoms with Crippen molar-refractivity contribution in [2.75, 3.05) is 0 Å². The molecule has 3 unspecified atom stereocenters. The molecule has 2 aliphatic carbocycles. The van der Waals surface area contributed by atoms with Crippen LogP contribution in [0.3, 0.4) is 0 Å². The van der Waals surface area contributed by atoms with E-state index >= 15 is 0 Å². The first-order chi connectivity index (χ1) is 6.23. The molecule has 13 heavy (non-hydrogen) atoms. The van der Waals surface area contributed by atoms with Crippen molar-refractivity contribution < 1.29 is 19.7 Å². The Morgan fingerprint density at radius 3 is 2.77 bits per heavy atom. The highest BCUT2D eigenvalue weighted by atomic mass is 17.4. The topological polar surface area (TPSA) is 62.4 Å². The van der Waals surface area contributed by atoms with E-state index in [1.165, 1.54) is 0 Å². The van der Waals surface area contributed by atoms with Gasteiger partial charge >= 0.3 is 5.97 Å². The van der Waals surface area contributed by atoms with E-state index in [9.17, 15) is 4.79 Å². The molecular formula is C9H12O4. The maximum absolute atomic E-state index is 10.9. The Hall–Kier alpha value is -0.610. The van der Waals surface area contributed by atoms with Crippen LogP contribution in [-0.4, -0.2) is 16.9 Å². The van der Waals surface area contributed by atoms with E-state index in [4.69, 9.17) is 14.9 Å². The molecule has 1 saturated heterocycles. The second-order valence-electron chi connectivity index (χ2n) is 4.33. The largest absolute Gasteiger partial charge is 0.481 e. The van der Waals surface area contributed by atoms with Gasteiger partial charge in [0.25, 0.3) is 0 Å². The van der Waals surface area contributed by atoms with Crippen molar-refractivity contribution in [3.05, 3.63) is 0 Å². The quantitative estimate of drug-likeness (QED) is 0.490. The molecule has 0 aromatic heterocycles. The van der Waals surface area contributed by atoms with Crippen molar-refractivity contribution in [2.45, 2.75) is 31.5 Å². The molecule has 2 saturated carbocycles. The Labute approximate surface area is 75.8 Å². The van der Waals surface area contributed by atoms with Crippen LogP contribution in [0.2, 0.25) is 0 Å². The van der Waals surface area contributed by atoms with Gasteiger partial charge in [-0.3, -0.25) is 4.79 Å². The predicted molar refractivity (Wildman–Crippen MR) is 41.5 cm³/mol. The number of carbonyl (C=O) groups is 1. The molecule has 1 spiro atoms. The summed E-state index contributed by atoms with van der Waals surface area (Å²) in [5, 5.41) is 9.01. The molecule has 3 aliphatic rings. The zero-order valence-electron chi connectivity index (χ0n) is 7.23. The van der Waals surface area contributed by atoms with E-state index < -0.39 is 11.8 Å². The minimum atomic E-state index is -0.687. The second kappa shape index (κ2) is 2.25. The van der Waals surface area contributed by atoms with E-state index in [2.05, 4.69) is 0 Å². The maximum Gasteiger partial charge on any atom is 0.306 e. The number of carboxylic acids is 1. The molecule has 3 atom stereocenters. The van der Waals surface area contributed by atoms with Gasteiger partial charge in [-0.2, -0.15) is 9.78 Å². The Morgan fingerprint density at radius 2 is 2.15 bits per heavy atom. The van der Waals surface area contributed by atoms with Gasteiger partial charge in [-0.15, -0.1) is 0 Å². The van der Waals surface area contributed by atoms with Crippen molar-refractivity contribution in [1.29, 1.82) is 0 Å². The third kappa shape index (κ3) is 0.901.